The minimum Gasteiger partial charge on any atom is -0.346 e. The lowest BCUT2D eigenvalue weighted by Crippen LogP contribution is -2.41. The number of unbranched alkanes of at least 4 members (excludes halogenated alkanes) is 7. The van der Waals surface area contributed by atoms with Crippen molar-refractivity contribution in [3.8, 4) is 0 Å². The van der Waals surface area contributed by atoms with E-state index in [1.165, 1.54) is 38.5 Å². The number of ether oxygens (including phenoxy) is 2. The van der Waals surface area contributed by atoms with Crippen LogP contribution in [0.5, 0.6) is 0 Å². The van der Waals surface area contributed by atoms with Crippen LogP contribution in [-0.4, -0.2) is 19.0 Å². The molecule has 0 N–H and O–H groups in total. The molecule has 0 aliphatic rings. The first kappa shape index (κ1) is 23.4. The van der Waals surface area contributed by atoms with Gasteiger partial charge >= 0.3 is 0 Å². The zero-order valence-corrected chi connectivity index (χ0v) is 16.7. The summed E-state index contributed by atoms with van der Waals surface area (Å²) in [5.74, 6) is -0.523. The van der Waals surface area contributed by atoms with Gasteiger partial charge in [0.15, 0.2) is 5.79 Å². The molecule has 0 spiro atoms. The van der Waals surface area contributed by atoms with Crippen LogP contribution in [0.15, 0.2) is 25.3 Å². The lowest BCUT2D eigenvalue weighted by Gasteiger charge is -2.37. The van der Waals surface area contributed by atoms with E-state index < -0.39 is 5.79 Å². The van der Waals surface area contributed by atoms with Crippen LogP contribution in [0, 0.1) is 5.92 Å². The van der Waals surface area contributed by atoms with E-state index in [2.05, 4.69) is 33.9 Å². The van der Waals surface area contributed by atoms with E-state index in [9.17, 15) is 0 Å². The quantitative estimate of drug-likeness (QED) is 0.151. The molecule has 1 unspecified atom stereocenters. The van der Waals surface area contributed by atoms with Crippen LogP contribution in [0.4, 0.5) is 0 Å². The highest BCUT2D eigenvalue weighted by Gasteiger charge is 2.36. The van der Waals surface area contributed by atoms with Gasteiger partial charge in [0.2, 0.25) is 0 Å². The van der Waals surface area contributed by atoms with Crippen LogP contribution < -0.4 is 0 Å². The second kappa shape index (κ2) is 15.9. The molecule has 0 amide bonds. The van der Waals surface area contributed by atoms with Gasteiger partial charge in [-0.3, -0.25) is 0 Å². The third-order valence-corrected chi connectivity index (χ3v) is 4.61. The minimum atomic E-state index is -0.699. The van der Waals surface area contributed by atoms with E-state index in [1.54, 1.807) is 0 Å². The van der Waals surface area contributed by atoms with Gasteiger partial charge in [-0.2, -0.15) is 0 Å². The Morgan fingerprint density at radius 3 is 1.71 bits per heavy atom. The van der Waals surface area contributed by atoms with Crippen LogP contribution in [0.2, 0.25) is 0 Å². The van der Waals surface area contributed by atoms with Crippen molar-refractivity contribution in [2.24, 2.45) is 5.92 Å². The monoisotopic (exact) mass is 338 g/mol. The van der Waals surface area contributed by atoms with Crippen molar-refractivity contribution in [3.63, 3.8) is 0 Å². The Morgan fingerprint density at radius 1 is 0.750 bits per heavy atom. The molecule has 0 saturated carbocycles. The minimum absolute atomic E-state index is 0.176. The first-order valence-corrected chi connectivity index (χ1v) is 10.2. The van der Waals surface area contributed by atoms with Crippen molar-refractivity contribution >= 4 is 0 Å². The fourth-order valence-electron chi connectivity index (χ4n) is 2.90. The van der Waals surface area contributed by atoms with E-state index >= 15 is 0 Å². The molecule has 24 heavy (non-hydrogen) atoms. The molecule has 0 fully saturated rings. The molecule has 0 saturated heterocycles. The third-order valence-electron chi connectivity index (χ3n) is 4.61. The maximum atomic E-state index is 6.20. The van der Waals surface area contributed by atoms with E-state index in [0.29, 0.717) is 0 Å². The van der Waals surface area contributed by atoms with Crippen molar-refractivity contribution in [2.45, 2.75) is 97.2 Å². The fraction of sp³-hybridized carbons (Fsp3) is 0.818. The first-order chi connectivity index (χ1) is 11.7. The molecule has 0 aromatic heterocycles. The van der Waals surface area contributed by atoms with Crippen molar-refractivity contribution in [1.29, 1.82) is 0 Å². The summed E-state index contributed by atoms with van der Waals surface area (Å²) in [6.07, 6.45) is 17.1. The number of rotatable bonds is 18. The Labute approximate surface area is 151 Å². The fourth-order valence-corrected chi connectivity index (χ4v) is 2.90. The van der Waals surface area contributed by atoms with E-state index in [1.807, 2.05) is 12.2 Å². The lowest BCUT2D eigenvalue weighted by atomic mass is 9.91. The second-order valence-electron chi connectivity index (χ2n) is 6.73. The van der Waals surface area contributed by atoms with Gasteiger partial charge in [0.05, 0.1) is 13.2 Å². The Bertz CT molecular complexity index is 288. The molecule has 0 aromatic rings. The summed E-state index contributed by atoms with van der Waals surface area (Å²) in [6.45, 7) is 16.1. The molecule has 0 bridgehead atoms. The standard InChI is InChI=1S/C22H42O2/c1-6-11-14-15-16-17-18-21(9-4)22(10-5,23-19-12-7-2)24-20-13-8-3/h9-10,21H,4-8,11-20H2,1-3H3. The van der Waals surface area contributed by atoms with Crippen LogP contribution >= 0.6 is 0 Å². The van der Waals surface area contributed by atoms with E-state index in [0.717, 1.165) is 45.3 Å². The van der Waals surface area contributed by atoms with Crippen LogP contribution in [-0.2, 0) is 9.47 Å². The van der Waals surface area contributed by atoms with Gasteiger partial charge in [-0.1, -0.05) is 84.8 Å². The Balaban J connectivity index is 4.63. The molecule has 0 aromatic carbocycles. The van der Waals surface area contributed by atoms with E-state index in [-0.39, 0.29) is 5.92 Å². The highest BCUT2D eigenvalue weighted by molar-refractivity contribution is 5.02. The number of hydrogen-bond acceptors (Lipinski definition) is 2. The predicted octanol–water partition coefficient (Wildman–Crippen LogP) is 7.05. The van der Waals surface area contributed by atoms with E-state index in [4.69, 9.17) is 9.47 Å². The molecule has 0 aliphatic carbocycles. The average molecular weight is 339 g/mol. The summed E-state index contributed by atoms with van der Waals surface area (Å²) >= 11 is 0. The molecular weight excluding hydrogens is 296 g/mol. The van der Waals surface area contributed by atoms with Crippen LogP contribution in [0.1, 0.15) is 91.4 Å². The van der Waals surface area contributed by atoms with Crippen LogP contribution in [0.25, 0.3) is 0 Å². The molecule has 0 aliphatic heterocycles. The smallest absolute Gasteiger partial charge is 0.193 e. The van der Waals surface area contributed by atoms with Crippen molar-refractivity contribution < 1.29 is 9.47 Å². The van der Waals surface area contributed by atoms with Crippen molar-refractivity contribution in [1.82, 2.24) is 0 Å². The highest BCUT2D eigenvalue weighted by Crippen LogP contribution is 2.32. The Kier molecular flexibility index (Phi) is 15.5. The molecule has 1 atom stereocenters. The topological polar surface area (TPSA) is 18.5 Å². The van der Waals surface area contributed by atoms with Gasteiger partial charge in [-0.05, 0) is 25.3 Å². The first-order valence-electron chi connectivity index (χ1n) is 10.2. The molecule has 0 rings (SSSR count). The van der Waals surface area contributed by atoms with Gasteiger partial charge in [0.25, 0.3) is 0 Å². The average Bonchev–Trinajstić information content (AvgIpc) is 2.60. The summed E-state index contributed by atoms with van der Waals surface area (Å²) in [7, 11) is 0. The normalized spacial score (nSPS) is 13.0. The largest absolute Gasteiger partial charge is 0.346 e. The Hall–Kier alpha value is -0.600. The molecule has 2 nitrogen and oxygen atoms in total. The van der Waals surface area contributed by atoms with Crippen molar-refractivity contribution in [2.75, 3.05) is 13.2 Å². The number of hydrogen-bond donors (Lipinski definition) is 0. The summed E-state index contributed by atoms with van der Waals surface area (Å²) < 4.78 is 12.4. The summed E-state index contributed by atoms with van der Waals surface area (Å²) in [5, 5.41) is 0. The molecule has 0 heterocycles. The van der Waals surface area contributed by atoms with Gasteiger partial charge in [0, 0.05) is 5.92 Å². The Morgan fingerprint density at radius 2 is 1.25 bits per heavy atom. The molecular formula is C22H42O2. The lowest BCUT2D eigenvalue weighted by molar-refractivity contribution is -0.228. The maximum Gasteiger partial charge on any atom is 0.193 e. The molecule has 0 radical (unpaired) electrons. The highest BCUT2D eigenvalue weighted by atomic mass is 16.7. The zero-order valence-electron chi connectivity index (χ0n) is 16.7. The summed E-state index contributed by atoms with van der Waals surface area (Å²) in [6, 6.07) is 0. The predicted molar refractivity (Wildman–Crippen MR) is 106 cm³/mol. The second-order valence-corrected chi connectivity index (χ2v) is 6.73. The van der Waals surface area contributed by atoms with Crippen molar-refractivity contribution in [3.05, 3.63) is 25.3 Å². The molecule has 142 valence electrons. The third kappa shape index (κ3) is 9.64. The van der Waals surface area contributed by atoms with Crippen LogP contribution in [0.3, 0.4) is 0 Å². The summed E-state index contributed by atoms with van der Waals surface area (Å²) in [5.41, 5.74) is 0. The van der Waals surface area contributed by atoms with Gasteiger partial charge in [-0.25, -0.2) is 0 Å². The zero-order chi connectivity index (χ0) is 18.1. The molecule has 2 heteroatoms. The SMILES string of the molecule is C=CC(CCCCCCCC)C(C=C)(OCCCC)OCCCC. The summed E-state index contributed by atoms with van der Waals surface area (Å²) in [4.78, 5) is 0. The maximum absolute atomic E-state index is 6.20. The van der Waals surface area contributed by atoms with Gasteiger partial charge < -0.3 is 9.47 Å². The van der Waals surface area contributed by atoms with Gasteiger partial charge in [0.1, 0.15) is 0 Å². The van der Waals surface area contributed by atoms with Gasteiger partial charge in [-0.15, -0.1) is 6.58 Å².